The first-order valence-corrected chi connectivity index (χ1v) is 11.7. The molecule has 0 radical (unpaired) electrons. The Morgan fingerprint density at radius 2 is 1.74 bits per heavy atom. The Bertz CT molecular complexity index is 1580. The fourth-order valence-corrected chi connectivity index (χ4v) is 4.59. The van der Waals surface area contributed by atoms with Gasteiger partial charge in [0, 0.05) is 11.8 Å². The van der Waals surface area contributed by atoms with Gasteiger partial charge in [-0.15, -0.1) is 0 Å². The van der Waals surface area contributed by atoms with Gasteiger partial charge in [0.15, 0.2) is 5.16 Å². The lowest BCUT2D eigenvalue weighted by molar-refractivity contribution is -0.113. The van der Waals surface area contributed by atoms with E-state index in [1.807, 2.05) is 72.8 Å². The van der Waals surface area contributed by atoms with E-state index in [-0.39, 0.29) is 17.2 Å². The molecular weight excluding hydrogens is 446 g/mol. The summed E-state index contributed by atoms with van der Waals surface area (Å²) >= 11 is 1.21. The smallest absolute Gasteiger partial charge is 0.266 e. The molecule has 0 aliphatic rings. The Hall–Kier alpha value is -4.10. The van der Waals surface area contributed by atoms with Crippen LogP contribution in [0.15, 0.2) is 101 Å². The van der Waals surface area contributed by atoms with Gasteiger partial charge in [0.25, 0.3) is 5.56 Å². The molecule has 5 rings (SSSR count). The first kappa shape index (κ1) is 21.7. The predicted molar refractivity (Wildman–Crippen MR) is 137 cm³/mol. The highest BCUT2D eigenvalue weighted by Crippen LogP contribution is 2.24. The van der Waals surface area contributed by atoms with E-state index in [4.69, 9.17) is 9.72 Å². The van der Waals surface area contributed by atoms with Gasteiger partial charge in [0.2, 0.25) is 5.91 Å². The third-order valence-corrected chi connectivity index (χ3v) is 6.36. The van der Waals surface area contributed by atoms with E-state index in [2.05, 4.69) is 5.32 Å². The summed E-state index contributed by atoms with van der Waals surface area (Å²) in [5.74, 6) is 0.545. The van der Waals surface area contributed by atoms with Crippen molar-refractivity contribution in [1.82, 2.24) is 9.55 Å². The van der Waals surface area contributed by atoms with E-state index in [0.717, 1.165) is 16.5 Å². The molecule has 168 valence electrons. The number of nitrogens with zero attached hydrogens (tertiary/aromatic N) is 2. The molecule has 1 heterocycles. The zero-order valence-corrected chi connectivity index (χ0v) is 19.2. The minimum atomic E-state index is -0.198. The van der Waals surface area contributed by atoms with Crippen molar-refractivity contribution in [1.29, 1.82) is 0 Å². The Labute approximate surface area is 200 Å². The molecular formula is C27H21N3O3S. The number of hydrogen-bond acceptors (Lipinski definition) is 5. The summed E-state index contributed by atoms with van der Waals surface area (Å²) in [6, 6.07) is 28.2. The molecule has 4 aromatic carbocycles. The number of carbonyl (C=O) groups excluding carboxylic acids is 1. The Kier molecular flexibility index (Phi) is 6.01. The highest BCUT2D eigenvalue weighted by molar-refractivity contribution is 7.99. The third-order valence-electron chi connectivity index (χ3n) is 5.42. The van der Waals surface area contributed by atoms with Gasteiger partial charge in [-0.25, -0.2) is 4.98 Å². The number of carbonyl (C=O) groups is 1. The average molecular weight is 468 g/mol. The molecule has 1 amide bonds. The van der Waals surface area contributed by atoms with Gasteiger partial charge in [-0.2, -0.15) is 0 Å². The highest BCUT2D eigenvalue weighted by atomic mass is 32.2. The Morgan fingerprint density at radius 3 is 2.59 bits per heavy atom. The standard InChI is InChI=1S/C27H21N3O3S/c1-33-22-10-6-9-21(16-22)30-26(32)23-11-4-5-12-24(23)29-27(30)34-17-25(31)28-20-14-13-18-7-2-3-8-19(18)15-20/h2-16H,17H2,1H3,(H,28,31). The number of para-hydroxylation sites is 1. The molecule has 0 unspecified atom stereocenters. The highest BCUT2D eigenvalue weighted by Gasteiger charge is 2.15. The SMILES string of the molecule is COc1cccc(-n2c(SCC(=O)Nc3ccc4ccccc4c3)nc3ccccc3c2=O)c1. The van der Waals surface area contributed by atoms with Crippen molar-refractivity contribution in [2.24, 2.45) is 0 Å². The lowest BCUT2D eigenvalue weighted by Gasteiger charge is -2.14. The van der Waals surface area contributed by atoms with E-state index in [9.17, 15) is 9.59 Å². The maximum absolute atomic E-state index is 13.4. The van der Waals surface area contributed by atoms with Gasteiger partial charge >= 0.3 is 0 Å². The third kappa shape index (κ3) is 4.38. The molecule has 0 spiro atoms. The van der Waals surface area contributed by atoms with Crippen LogP contribution in [0.5, 0.6) is 5.75 Å². The summed E-state index contributed by atoms with van der Waals surface area (Å²) < 4.78 is 6.86. The number of nitrogens with one attached hydrogen (secondary N) is 1. The van der Waals surface area contributed by atoms with Gasteiger partial charge in [-0.1, -0.05) is 60.3 Å². The van der Waals surface area contributed by atoms with Crippen LogP contribution in [0.4, 0.5) is 5.69 Å². The molecule has 7 heteroatoms. The van der Waals surface area contributed by atoms with Gasteiger partial charge in [0.1, 0.15) is 5.75 Å². The Balaban J connectivity index is 1.45. The molecule has 34 heavy (non-hydrogen) atoms. The average Bonchev–Trinajstić information content (AvgIpc) is 2.87. The second-order valence-corrected chi connectivity index (χ2v) is 8.59. The second-order valence-electron chi connectivity index (χ2n) is 7.65. The monoisotopic (exact) mass is 467 g/mol. The van der Waals surface area contributed by atoms with E-state index in [0.29, 0.717) is 27.5 Å². The zero-order chi connectivity index (χ0) is 23.5. The molecule has 0 atom stereocenters. The number of ether oxygens (including phenoxy) is 1. The summed E-state index contributed by atoms with van der Waals surface area (Å²) in [6.45, 7) is 0. The van der Waals surface area contributed by atoms with Crippen molar-refractivity contribution >= 4 is 45.0 Å². The number of anilines is 1. The van der Waals surface area contributed by atoms with Gasteiger partial charge in [-0.05, 0) is 47.2 Å². The number of aromatic nitrogens is 2. The van der Waals surface area contributed by atoms with Gasteiger partial charge in [-0.3, -0.25) is 14.2 Å². The van der Waals surface area contributed by atoms with Crippen LogP contribution in [0.2, 0.25) is 0 Å². The van der Waals surface area contributed by atoms with E-state index >= 15 is 0 Å². The van der Waals surface area contributed by atoms with Crippen molar-refractivity contribution in [3.05, 3.63) is 101 Å². The van der Waals surface area contributed by atoms with Gasteiger partial charge in [0.05, 0.1) is 29.5 Å². The Morgan fingerprint density at radius 1 is 0.941 bits per heavy atom. The molecule has 0 saturated heterocycles. The number of amides is 1. The topological polar surface area (TPSA) is 73.2 Å². The molecule has 0 saturated carbocycles. The summed E-state index contributed by atoms with van der Waals surface area (Å²) in [7, 11) is 1.58. The fraction of sp³-hybridized carbons (Fsp3) is 0.0741. The van der Waals surface area contributed by atoms with Crippen molar-refractivity contribution in [3.63, 3.8) is 0 Å². The second kappa shape index (κ2) is 9.41. The van der Waals surface area contributed by atoms with Crippen LogP contribution >= 0.6 is 11.8 Å². The van der Waals surface area contributed by atoms with Crippen molar-refractivity contribution in [2.45, 2.75) is 5.16 Å². The van der Waals surface area contributed by atoms with Crippen molar-refractivity contribution in [2.75, 3.05) is 18.2 Å². The van der Waals surface area contributed by atoms with Crippen LogP contribution in [0.25, 0.3) is 27.4 Å². The van der Waals surface area contributed by atoms with Gasteiger partial charge < -0.3 is 10.1 Å². The van der Waals surface area contributed by atoms with E-state index in [1.165, 1.54) is 16.3 Å². The van der Waals surface area contributed by atoms with E-state index in [1.54, 1.807) is 25.3 Å². The minimum absolute atomic E-state index is 0.0988. The minimum Gasteiger partial charge on any atom is -0.497 e. The van der Waals surface area contributed by atoms with Crippen LogP contribution in [0.1, 0.15) is 0 Å². The van der Waals surface area contributed by atoms with Crippen molar-refractivity contribution < 1.29 is 9.53 Å². The molecule has 0 aliphatic heterocycles. The van der Waals surface area contributed by atoms with Crippen LogP contribution in [0.3, 0.4) is 0 Å². The molecule has 0 fully saturated rings. The summed E-state index contributed by atoms with van der Waals surface area (Å²) in [4.78, 5) is 30.8. The predicted octanol–water partition coefficient (Wildman–Crippen LogP) is 5.28. The number of hydrogen-bond donors (Lipinski definition) is 1. The lowest BCUT2D eigenvalue weighted by atomic mass is 10.1. The molecule has 0 aliphatic carbocycles. The van der Waals surface area contributed by atoms with Crippen LogP contribution in [0, 0.1) is 0 Å². The summed E-state index contributed by atoms with van der Waals surface area (Å²) in [5.41, 5.74) is 1.74. The van der Waals surface area contributed by atoms with E-state index < -0.39 is 0 Å². The van der Waals surface area contributed by atoms with Crippen LogP contribution in [-0.4, -0.2) is 28.3 Å². The summed E-state index contributed by atoms with van der Waals surface area (Å²) in [6.07, 6.45) is 0. The fourth-order valence-electron chi connectivity index (χ4n) is 3.78. The number of methoxy groups -OCH3 is 1. The summed E-state index contributed by atoms with van der Waals surface area (Å²) in [5, 5.41) is 6.04. The van der Waals surface area contributed by atoms with Crippen LogP contribution < -0.4 is 15.6 Å². The number of thioether (sulfide) groups is 1. The lowest BCUT2D eigenvalue weighted by Crippen LogP contribution is -2.23. The quantitative estimate of drug-likeness (QED) is 0.272. The molecule has 1 N–H and O–H groups in total. The largest absolute Gasteiger partial charge is 0.497 e. The van der Waals surface area contributed by atoms with Crippen LogP contribution in [-0.2, 0) is 4.79 Å². The first-order valence-electron chi connectivity index (χ1n) is 10.7. The maximum atomic E-state index is 13.4. The number of benzene rings is 4. The molecule has 6 nitrogen and oxygen atoms in total. The first-order chi connectivity index (χ1) is 16.6. The maximum Gasteiger partial charge on any atom is 0.266 e. The van der Waals surface area contributed by atoms with Crippen molar-refractivity contribution in [3.8, 4) is 11.4 Å². The molecule has 5 aromatic rings. The number of fused-ring (bicyclic) bond motifs is 2. The zero-order valence-electron chi connectivity index (χ0n) is 18.4. The number of rotatable bonds is 6. The molecule has 0 bridgehead atoms. The normalized spacial score (nSPS) is 11.0. The molecule has 1 aromatic heterocycles.